The van der Waals surface area contributed by atoms with Gasteiger partial charge in [-0.15, -0.1) is 0 Å². The molecule has 17 heavy (non-hydrogen) atoms. The van der Waals surface area contributed by atoms with Gasteiger partial charge in [0.15, 0.2) is 6.61 Å². The summed E-state index contributed by atoms with van der Waals surface area (Å²) in [6.07, 6.45) is -4.31. The van der Waals surface area contributed by atoms with Crippen molar-refractivity contribution in [3.8, 4) is 5.75 Å². The fraction of sp³-hybridized carbons (Fsp3) is 0.455. The Labute approximate surface area is 97.5 Å². The van der Waals surface area contributed by atoms with Crippen LogP contribution < -0.4 is 10.2 Å². The van der Waals surface area contributed by atoms with Crippen molar-refractivity contribution >= 4 is 0 Å². The molecule has 0 aromatic heterocycles. The highest BCUT2D eigenvalue weighted by Crippen LogP contribution is 2.14. The van der Waals surface area contributed by atoms with E-state index in [1.807, 2.05) is 6.92 Å². The first-order valence-corrected chi connectivity index (χ1v) is 5.14. The summed E-state index contributed by atoms with van der Waals surface area (Å²) < 4.78 is 40.4. The van der Waals surface area contributed by atoms with Crippen molar-refractivity contribution in [1.29, 1.82) is 0 Å². The molecule has 1 rings (SSSR count). The maximum Gasteiger partial charge on any atom is 0.413 e. The van der Waals surface area contributed by atoms with E-state index >= 15 is 0 Å². The van der Waals surface area contributed by atoms with Gasteiger partial charge in [0.25, 0.3) is 0 Å². The molecule has 0 saturated heterocycles. The summed E-state index contributed by atoms with van der Waals surface area (Å²) in [5.74, 6) is 0.729. The zero-order chi connectivity index (χ0) is 12.7. The number of halogens is 3. The number of hydrogen-bond acceptors (Lipinski definition) is 3. The van der Waals surface area contributed by atoms with E-state index in [-0.39, 0.29) is 6.54 Å². The van der Waals surface area contributed by atoms with Gasteiger partial charge in [0, 0.05) is 6.54 Å². The fourth-order valence-electron chi connectivity index (χ4n) is 1.14. The Morgan fingerprint density at radius 2 is 1.82 bits per heavy atom. The van der Waals surface area contributed by atoms with Crippen molar-refractivity contribution < 1.29 is 22.7 Å². The second-order valence-corrected chi connectivity index (χ2v) is 3.30. The summed E-state index contributed by atoms with van der Waals surface area (Å²) in [6.45, 7) is 1.36. The number of hydroxylamine groups is 1. The lowest BCUT2D eigenvalue weighted by atomic mass is 10.2. The van der Waals surface area contributed by atoms with Gasteiger partial charge in [0.05, 0.1) is 6.61 Å². The predicted molar refractivity (Wildman–Crippen MR) is 56.5 cm³/mol. The van der Waals surface area contributed by atoms with Crippen LogP contribution in [0.3, 0.4) is 0 Å². The summed E-state index contributed by atoms with van der Waals surface area (Å²) in [6, 6.07) is 7.03. The highest BCUT2D eigenvalue weighted by atomic mass is 19.4. The van der Waals surface area contributed by atoms with Crippen molar-refractivity contribution in [3.05, 3.63) is 29.8 Å². The third-order valence-corrected chi connectivity index (χ3v) is 1.85. The van der Waals surface area contributed by atoms with Crippen LogP contribution in [0.1, 0.15) is 12.5 Å². The first-order valence-electron chi connectivity index (χ1n) is 5.14. The highest BCUT2D eigenvalue weighted by molar-refractivity contribution is 5.27. The standard InChI is InChI=1S/C11H14F3NO2/c1-2-16-10-5-3-9(4-6-10)7-15-17-8-11(12,13)14/h3-6,15H,2,7-8H2,1H3. The Hall–Kier alpha value is -1.27. The molecule has 1 N–H and O–H groups in total. The van der Waals surface area contributed by atoms with Gasteiger partial charge in [-0.3, -0.25) is 4.84 Å². The van der Waals surface area contributed by atoms with Crippen molar-refractivity contribution in [3.63, 3.8) is 0 Å². The van der Waals surface area contributed by atoms with Gasteiger partial charge in [0.1, 0.15) is 5.75 Å². The lowest BCUT2D eigenvalue weighted by Gasteiger charge is -2.09. The SMILES string of the molecule is CCOc1ccc(CNOCC(F)(F)F)cc1. The van der Waals surface area contributed by atoms with Crippen LogP contribution >= 0.6 is 0 Å². The van der Waals surface area contributed by atoms with Crippen molar-refractivity contribution in [2.75, 3.05) is 13.2 Å². The van der Waals surface area contributed by atoms with E-state index in [9.17, 15) is 13.2 Å². The van der Waals surface area contributed by atoms with Crippen LogP contribution in [0.25, 0.3) is 0 Å². The zero-order valence-electron chi connectivity index (χ0n) is 9.38. The molecule has 0 spiro atoms. The number of hydrogen-bond donors (Lipinski definition) is 1. The number of rotatable bonds is 6. The number of alkyl halides is 3. The third-order valence-electron chi connectivity index (χ3n) is 1.85. The molecule has 6 heteroatoms. The highest BCUT2D eigenvalue weighted by Gasteiger charge is 2.27. The predicted octanol–water partition coefficient (Wildman–Crippen LogP) is 2.67. The summed E-state index contributed by atoms with van der Waals surface area (Å²) in [7, 11) is 0. The maximum atomic E-state index is 11.7. The molecule has 1 aromatic carbocycles. The molecule has 0 fully saturated rings. The van der Waals surface area contributed by atoms with Gasteiger partial charge in [-0.05, 0) is 24.6 Å². The molecule has 0 amide bonds. The molecule has 0 saturated carbocycles. The van der Waals surface area contributed by atoms with E-state index in [1.165, 1.54) is 0 Å². The third kappa shape index (κ3) is 6.13. The number of ether oxygens (including phenoxy) is 1. The monoisotopic (exact) mass is 249 g/mol. The topological polar surface area (TPSA) is 30.5 Å². The molecule has 0 aliphatic heterocycles. The van der Waals surface area contributed by atoms with Crippen LogP contribution in [0, 0.1) is 0 Å². The van der Waals surface area contributed by atoms with E-state index in [1.54, 1.807) is 24.3 Å². The van der Waals surface area contributed by atoms with Gasteiger partial charge in [0.2, 0.25) is 0 Å². The molecular formula is C11H14F3NO2. The fourth-order valence-corrected chi connectivity index (χ4v) is 1.14. The molecule has 0 radical (unpaired) electrons. The summed E-state index contributed by atoms with van der Waals surface area (Å²) in [5, 5.41) is 0. The van der Waals surface area contributed by atoms with E-state index < -0.39 is 12.8 Å². The first kappa shape index (κ1) is 13.8. The lowest BCUT2D eigenvalue weighted by Crippen LogP contribution is -2.24. The Morgan fingerprint density at radius 1 is 1.18 bits per heavy atom. The Bertz CT molecular complexity index is 324. The van der Waals surface area contributed by atoms with Gasteiger partial charge in [-0.1, -0.05) is 12.1 Å². The molecule has 0 atom stereocenters. The van der Waals surface area contributed by atoms with E-state index in [4.69, 9.17) is 4.74 Å². The van der Waals surface area contributed by atoms with E-state index in [0.29, 0.717) is 6.61 Å². The molecular weight excluding hydrogens is 235 g/mol. The lowest BCUT2D eigenvalue weighted by molar-refractivity contribution is -0.190. The summed E-state index contributed by atoms with van der Waals surface area (Å²) >= 11 is 0. The van der Waals surface area contributed by atoms with Gasteiger partial charge in [-0.25, -0.2) is 0 Å². The quantitative estimate of drug-likeness (QED) is 0.621. The average molecular weight is 249 g/mol. The second kappa shape index (κ2) is 6.46. The van der Waals surface area contributed by atoms with Crippen LogP contribution in [0.2, 0.25) is 0 Å². The summed E-state index contributed by atoms with van der Waals surface area (Å²) in [4.78, 5) is 4.27. The van der Waals surface area contributed by atoms with Crippen LogP contribution in [0.5, 0.6) is 5.75 Å². The Balaban J connectivity index is 2.27. The minimum absolute atomic E-state index is 0.211. The Kier molecular flexibility index (Phi) is 5.24. The molecule has 0 aliphatic carbocycles. The maximum absolute atomic E-state index is 11.7. The van der Waals surface area contributed by atoms with Gasteiger partial charge >= 0.3 is 6.18 Å². The van der Waals surface area contributed by atoms with E-state index in [0.717, 1.165) is 11.3 Å². The van der Waals surface area contributed by atoms with Crippen LogP contribution in [0.15, 0.2) is 24.3 Å². The Morgan fingerprint density at radius 3 is 2.35 bits per heavy atom. The zero-order valence-corrected chi connectivity index (χ0v) is 9.38. The van der Waals surface area contributed by atoms with Gasteiger partial charge in [-0.2, -0.15) is 18.7 Å². The van der Waals surface area contributed by atoms with Gasteiger partial charge < -0.3 is 4.74 Å². The van der Waals surface area contributed by atoms with Crippen LogP contribution in [-0.4, -0.2) is 19.4 Å². The molecule has 3 nitrogen and oxygen atoms in total. The van der Waals surface area contributed by atoms with Crippen LogP contribution in [0.4, 0.5) is 13.2 Å². The number of nitrogens with one attached hydrogen (secondary N) is 1. The molecule has 1 aromatic rings. The van der Waals surface area contributed by atoms with Crippen LogP contribution in [-0.2, 0) is 11.4 Å². The molecule has 0 bridgehead atoms. The second-order valence-electron chi connectivity index (χ2n) is 3.30. The van der Waals surface area contributed by atoms with Crippen molar-refractivity contribution in [2.45, 2.75) is 19.6 Å². The molecule has 0 aliphatic rings. The van der Waals surface area contributed by atoms with Crippen molar-refractivity contribution in [1.82, 2.24) is 5.48 Å². The largest absolute Gasteiger partial charge is 0.494 e. The minimum atomic E-state index is -4.31. The number of benzene rings is 1. The van der Waals surface area contributed by atoms with E-state index in [2.05, 4.69) is 10.3 Å². The van der Waals surface area contributed by atoms with Crippen molar-refractivity contribution in [2.24, 2.45) is 0 Å². The molecule has 0 unspecified atom stereocenters. The average Bonchev–Trinajstić information content (AvgIpc) is 2.26. The first-order chi connectivity index (χ1) is 8.01. The molecule has 96 valence electrons. The normalized spacial score (nSPS) is 11.5. The smallest absolute Gasteiger partial charge is 0.413 e. The molecule has 0 heterocycles. The summed E-state index contributed by atoms with van der Waals surface area (Å²) in [5.41, 5.74) is 3.06. The minimum Gasteiger partial charge on any atom is -0.494 e.